The molecule has 2 nitrogen and oxygen atoms in total. The molecule has 2 heteroatoms. The summed E-state index contributed by atoms with van der Waals surface area (Å²) in [5.74, 6) is 2.21. The van der Waals surface area contributed by atoms with Gasteiger partial charge in [-0.05, 0) is 6.54 Å². The van der Waals surface area contributed by atoms with Crippen LogP contribution < -0.4 is 5.73 Å². The Labute approximate surface area is 49.7 Å². The van der Waals surface area contributed by atoms with E-state index < -0.39 is 6.10 Å². The number of hydrogen-bond acceptors (Lipinski definition) is 2. The van der Waals surface area contributed by atoms with E-state index in [1.807, 2.05) is 6.92 Å². The molecule has 0 fully saturated rings. The molecule has 0 bridgehead atoms. The second kappa shape index (κ2) is 3.48. The Morgan fingerprint density at radius 3 is 2.50 bits per heavy atom. The molecule has 0 aliphatic rings. The third-order valence-electron chi connectivity index (χ3n) is 1.08. The Morgan fingerprint density at radius 2 is 2.38 bits per heavy atom. The number of aliphatic hydroxyl groups excluding tert-OH is 1. The lowest BCUT2D eigenvalue weighted by Crippen LogP contribution is -2.23. The first-order chi connectivity index (χ1) is 3.72. The third kappa shape index (κ3) is 1.97. The maximum atomic E-state index is 8.81. The molecule has 2 atom stereocenters. The number of aliphatic hydroxyl groups is 1. The molecular formula is C6H11NO. The average Bonchev–Trinajstić information content (AvgIpc) is 1.84. The predicted molar refractivity (Wildman–Crippen MR) is 33.1 cm³/mol. The maximum absolute atomic E-state index is 8.81. The summed E-state index contributed by atoms with van der Waals surface area (Å²) in [5, 5.41) is 8.81. The van der Waals surface area contributed by atoms with Crippen LogP contribution in [0.4, 0.5) is 0 Å². The van der Waals surface area contributed by atoms with Gasteiger partial charge < -0.3 is 10.8 Å². The van der Waals surface area contributed by atoms with Crippen molar-refractivity contribution in [1.82, 2.24) is 0 Å². The molecule has 0 aliphatic carbocycles. The van der Waals surface area contributed by atoms with Crippen molar-refractivity contribution in [3.63, 3.8) is 0 Å². The molecule has 46 valence electrons. The van der Waals surface area contributed by atoms with Gasteiger partial charge in [0.25, 0.3) is 0 Å². The smallest absolute Gasteiger partial charge is 0.118 e. The summed E-state index contributed by atoms with van der Waals surface area (Å²) < 4.78 is 0. The molecule has 8 heavy (non-hydrogen) atoms. The van der Waals surface area contributed by atoms with Gasteiger partial charge in [-0.3, -0.25) is 0 Å². The van der Waals surface area contributed by atoms with Gasteiger partial charge in [0, 0.05) is 5.92 Å². The van der Waals surface area contributed by atoms with E-state index >= 15 is 0 Å². The van der Waals surface area contributed by atoms with Crippen molar-refractivity contribution >= 4 is 0 Å². The topological polar surface area (TPSA) is 46.2 Å². The van der Waals surface area contributed by atoms with Crippen molar-refractivity contribution in [2.24, 2.45) is 11.7 Å². The molecule has 0 aromatic heterocycles. The summed E-state index contributed by atoms with van der Waals surface area (Å²) in [7, 11) is 0. The Bertz CT molecular complexity index is 95.2. The van der Waals surface area contributed by atoms with E-state index in [9.17, 15) is 0 Å². The molecule has 2 unspecified atom stereocenters. The zero-order chi connectivity index (χ0) is 6.57. The second-order valence-corrected chi connectivity index (χ2v) is 1.82. The summed E-state index contributed by atoms with van der Waals surface area (Å²) in [4.78, 5) is 0. The maximum Gasteiger partial charge on any atom is 0.118 e. The quantitative estimate of drug-likeness (QED) is 0.477. The van der Waals surface area contributed by atoms with Gasteiger partial charge in [-0.25, -0.2) is 0 Å². The fourth-order valence-corrected chi connectivity index (χ4v) is 0.293. The number of terminal acetylenes is 1. The van der Waals surface area contributed by atoms with Crippen molar-refractivity contribution in [3.05, 3.63) is 0 Å². The molecule has 0 saturated heterocycles. The number of hydrogen-bond donors (Lipinski definition) is 2. The zero-order valence-corrected chi connectivity index (χ0v) is 4.96. The van der Waals surface area contributed by atoms with Gasteiger partial charge >= 0.3 is 0 Å². The van der Waals surface area contributed by atoms with Crippen LogP contribution in [0.1, 0.15) is 6.92 Å². The molecule has 0 spiro atoms. The summed E-state index contributed by atoms with van der Waals surface area (Å²) in [6.45, 7) is 2.25. The minimum Gasteiger partial charge on any atom is -0.380 e. The summed E-state index contributed by atoms with van der Waals surface area (Å²) in [6, 6.07) is 0. The average molecular weight is 113 g/mol. The van der Waals surface area contributed by atoms with Gasteiger partial charge in [-0.2, -0.15) is 0 Å². The van der Waals surface area contributed by atoms with E-state index in [2.05, 4.69) is 5.92 Å². The number of nitrogens with two attached hydrogens (primary N) is 1. The van der Waals surface area contributed by atoms with Crippen molar-refractivity contribution < 1.29 is 5.11 Å². The van der Waals surface area contributed by atoms with E-state index in [-0.39, 0.29) is 5.92 Å². The molecule has 0 aromatic rings. The largest absolute Gasteiger partial charge is 0.380 e. The highest BCUT2D eigenvalue weighted by Crippen LogP contribution is 1.96. The van der Waals surface area contributed by atoms with Crippen LogP contribution in [0.25, 0.3) is 0 Å². The lowest BCUT2D eigenvalue weighted by molar-refractivity contribution is 0.175. The monoisotopic (exact) mass is 113 g/mol. The first kappa shape index (κ1) is 7.48. The Balaban J connectivity index is 3.49. The Kier molecular flexibility index (Phi) is 3.25. The molecule has 0 amide bonds. The Morgan fingerprint density at radius 1 is 1.88 bits per heavy atom. The van der Waals surface area contributed by atoms with E-state index in [0.717, 1.165) is 0 Å². The van der Waals surface area contributed by atoms with Crippen LogP contribution in [0.2, 0.25) is 0 Å². The van der Waals surface area contributed by atoms with Crippen molar-refractivity contribution in [2.75, 3.05) is 6.54 Å². The van der Waals surface area contributed by atoms with Crippen molar-refractivity contribution in [3.8, 4) is 12.3 Å². The normalized spacial score (nSPS) is 16.8. The molecule has 0 aliphatic heterocycles. The SMILES string of the molecule is C#CC(O)C(C)CN. The van der Waals surface area contributed by atoms with Gasteiger partial charge in [0.15, 0.2) is 0 Å². The van der Waals surface area contributed by atoms with Crippen LogP contribution in [-0.2, 0) is 0 Å². The predicted octanol–water partition coefficient (Wildman–Crippen LogP) is -0.425. The summed E-state index contributed by atoms with van der Waals surface area (Å²) >= 11 is 0. The van der Waals surface area contributed by atoms with Gasteiger partial charge in [0.05, 0.1) is 0 Å². The Hall–Kier alpha value is -0.520. The molecule has 3 N–H and O–H groups in total. The summed E-state index contributed by atoms with van der Waals surface area (Å²) in [5.41, 5.74) is 5.19. The minimum atomic E-state index is -0.681. The molecule has 0 aromatic carbocycles. The molecule has 0 rings (SSSR count). The van der Waals surface area contributed by atoms with E-state index in [4.69, 9.17) is 17.3 Å². The van der Waals surface area contributed by atoms with Crippen LogP contribution in [0.5, 0.6) is 0 Å². The molecule has 0 heterocycles. The van der Waals surface area contributed by atoms with Crippen molar-refractivity contribution in [1.29, 1.82) is 0 Å². The van der Waals surface area contributed by atoms with Crippen LogP contribution in [0.3, 0.4) is 0 Å². The fraction of sp³-hybridized carbons (Fsp3) is 0.667. The highest BCUT2D eigenvalue weighted by atomic mass is 16.3. The standard InChI is InChI=1S/C6H11NO/c1-3-6(8)5(2)4-7/h1,5-6,8H,4,7H2,2H3. The minimum absolute atomic E-state index is 0.0139. The van der Waals surface area contributed by atoms with Crippen molar-refractivity contribution in [2.45, 2.75) is 13.0 Å². The highest BCUT2D eigenvalue weighted by Gasteiger charge is 2.06. The first-order valence-electron chi connectivity index (χ1n) is 2.56. The fourth-order valence-electron chi connectivity index (χ4n) is 0.293. The van der Waals surface area contributed by atoms with Gasteiger partial charge in [0.1, 0.15) is 6.10 Å². The van der Waals surface area contributed by atoms with Crippen LogP contribution in [-0.4, -0.2) is 17.8 Å². The second-order valence-electron chi connectivity index (χ2n) is 1.82. The van der Waals surface area contributed by atoms with Crippen LogP contribution in [0, 0.1) is 18.3 Å². The van der Waals surface area contributed by atoms with E-state index in [1.165, 1.54) is 0 Å². The van der Waals surface area contributed by atoms with Gasteiger partial charge in [0.2, 0.25) is 0 Å². The van der Waals surface area contributed by atoms with Crippen LogP contribution >= 0.6 is 0 Å². The van der Waals surface area contributed by atoms with Gasteiger partial charge in [-0.1, -0.05) is 12.8 Å². The first-order valence-corrected chi connectivity index (χ1v) is 2.56. The van der Waals surface area contributed by atoms with Crippen LogP contribution in [0.15, 0.2) is 0 Å². The van der Waals surface area contributed by atoms with E-state index in [0.29, 0.717) is 6.54 Å². The number of rotatable bonds is 2. The molecular weight excluding hydrogens is 102 g/mol. The lowest BCUT2D eigenvalue weighted by Gasteiger charge is -2.08. The zero-order valence-electron chi connectivity index (χ0n) is 4.96. The highest BCUT2D eigenvalue weighted by molar-refractivity contribution is 4.95. The third-order valence-corrected chi connectivity index (χ3v) is 1.08. The molecule has 0 saturated carbocycles. The molecule has 0 radical (unpaired) electrons. The van der Waals surface area contributed by atoms with E-state index in [1.54, 1.807) is 0 Å². The lowest BCUT2D eigenvalue weighted by atomic mass is 10.1. The summed E-state index contributed by atoms with van der Waals surface area (Å²) in [6.07, 6.45) is 4.21. The van der Waals surface area contributed by atoms with Gasteiger partial charge in [-0.15, -0.1) is 6.42 Å².